The summed E-state index contributed by atoms with van der Waals surface area (Å²) in [5, 5.41) is 2.51. The number of hydrogen-bond donors (Lipinski definition) is 0. The third-order valence-electron chi connectivity index (χ3n) is 11.0. The molecule has 0 fully saturated rings. The van der Waals surface area contributed by atoms with Crippen molar-refractivity contribution in [3.8, 4) is 62.1 Å². The van der Waals surface area contributed by atoms with Crippen molar-refractivity contribution in [1.82, 2.24) is 19.5 Å². The maximum atomic E-state index is 5.25. The Labute approximate surface area is 335 Å². The molecule has 0 bridgehead atoms. The monoisotopic (exact) mass is 738 g/mol. The molecule has 2 aromatic heterocycles. The first-order valence-electron chi connectivity index (χ1n) is 19.8. The molecular weight excluding hydrogens is 693 g/mol. The van der Waals surface area contributed by atoms with Gasteiger partial charge in [0.25, 0.3) is 0 Å². The minimum absolute atomic E-state index is 0.00330. The third kappa shape index (κ3) is 6.82. The van der Waals surface area contributed by atoms with Crippen LogP contribution in [-0.2, 0) is 10.8 Å². The molecule has 278 valence electrons. The van der Waals surface area contributed by atoms with Crippen LogP contribution < -0.4 is 0 Å². The molecule has 0 atom stereocenters. The molecule has 7 aromatic carbocycles. The van der Waals surface area contributed by atoms with Gasteiger partial charge in [-0.25, -0.2) is 15.0 Å². The van der Waals surface area contributed by atoms with Crippen LogP contribution in [0.3, 0.4) is 0 Å². The van der Waals surface area contributed by atoms with E-state index in [0.717, 1.165) is 44.6 Å². The summed E-state index contributed by atoms with van der Waals surface area (Å²) in [7, 11) is 0. The second kappa shape index (κ2) is 14.1. The average molecular weight is 739 g/mol. The van der Waals surface area contributed by atoms with E-state index in [-0.39, 0.29) is 10.8 Å². The molecule has 0 saturated carbocycles. The first-order valence-corrected chi connectivity index (χ1v) is 19.8. The largest absolute Gasteiger partial charge is 0.309 e. The second-order valence-corrected chi connectivity index (χ2v) is 17.0. The quantitative estimate of drug-likeness (QED) is 0.171. The van der Waals surface area contributed by atoms with Crippen molar-refractivity contribution < 1.29 is 0 Å². The first-order chi connectivity index (χ1) is 27.5. The van der Waals surface area contributed by atoms with E-state index in [1.807, 2.05) is 36.4 Å². The van der Waals surface area contributed by atoms with Crippen LogP contribution in [0.15, 0.2) is 170 Å². The number of benzene rings is 7. The molecule has 9 aromatic rings. The number of nitrogens with zero attached hydrogens (tertiary/aromatic N) is 4. The maximum absolute atomic E-state index is 5.25. The smallest absolute Gasteiger partial charge is 0.164 e. The summed E-state index contributed by atoms with van der Waals surface area (Å²) >= 11 is 0. The van der Waals surface area contributed by atoms with Crippen molar-refractivity contribution in [2.45, 2.75) is 52.4 Å². The van der Waals surface area contributed by atoms with E-state index in [2.05, 4.69) is 180 Å². The lowest BCUT2D eigenvalue weighted by atomic mass is 9.85. The van der Waals surface area contributed by atoms with Crippen molar-refractivity contribution in [2.24, 2.45) is 0 Å². The zero-order valence-electron chi connectivity index (χ0n) is 33.5. The fourth-order valence-electron chi connectivity index (χ4n) is 7.81. The van der Waals surface area contributed by atoms with Crippen molar-refractivity contribution in [3.63, 3.8) is 0 Å². The molecule has 4 heteroatoms. The van der Waals surface area contributed by atoms with Gasteiger partial charge >= 0.3 is 0 Å². The van der Waals surface area contributed by atoms with Gasteiger partial charge in [-0.2, -0.15) is 0 Å². The third-order valence-corrected chi connectivity index (χ3v) is 11.0. The molecule has 0 N–H and O–H groups in total. The SMILES string of the molecule is CC(C)(C)c1ccc2c(c1)c1cc(C(C)(C)C)ccc1n2-c1cc(-c2ccccc2)c(-c2nc(-c3ccccc3)nc(-c3ccccc3)n2)cc1-c1ccccc1. The topological polar surface area (TPSA) is 43.6 Å². The highest BCUT2D eigenvalue weighted by molar-refractivity contribution is 6.11. The van der Waals surface area contributed by atoms with Gasteiger partial charge < -0.3 is 4.57 Å². The van der Waals surface area contributed by atoms with Gasteiger partial charge in [-0.3, -0.25) is 0 Å². The second-order valence-electron chi connectivity index (χ2n) is 17.0. The highest BCUT2D eigenvalue weighted by Crippen LogP contribution is 2.44. The van der Waals surface area contributed by atoms with Crippen LogP contribution in [0.2, 0.25) is 0 Å². The van der Waals surface area contributed by atoms with Gasteiger partial charge in [0.05, 0.1) is 16.7 Å². The number of rotatable bonds is 6. The molecule has 0 aliphatic rings. The molecule has 9 rings (SSSR count). The van der Waals surface area contributed by atoms with Gasteiger partial charge in [0, 0.05) is 33.0 Å². The summed E-state index contributed by atoms with van der Waals surface area (Å²) in [4.78, 5) is 15.5. The highest BCUT2D eigenvalue weighted by Gasteiger charge is 2.25. The van der Waals surface area contributed by atoms with Crippen LogP contribution in [-0.4, -0.2) is 19.5 Å². The summed E-state index contributed by atoms with van der Waals surface area (Å²) in [6, 6.07) is 60.5. The minimum Gasteiger partial charge on any atom is -0.309 e. The van der Waals surface area contributed by atoms with Gasteiger partial charge in [-0.1, -0.05) is 175 Å². The zero-order valence-corrected chi connectivity index (χ0v) is 33.5. The first kappa shape index (κ1) is 36.0. The zero-order chi connectivity index (χ0) is 39.3. The Morgan fingerprint density at radius 3 is 1.16 bits per heavy atom. The van der Waals surface area contributed by atoms with Crippen LogP contribution in [0.4, 0.5) is 0 Å². The highest BCUT2D eigenvalue weighted by atomic mass is 15.0. The minimum atomic E-state index is 0.00330. The summed E-state index contributed by atoms with van der Waals surface area (Å²) < 4.78 is 2.47. The van der Waals surface area contributed by atoms with E-state index >= 15 is 0 Å². The van der Waals surface area contributed by atoms with E-state index in [1.165, 1.54) is 32.9 Å². The Hall–Kier alpha value is -6.65. The van der Waals surface area contributed by atoms with Crippen LogP contribution in [0, 0.1) is 0 Å². The van der Waals surface area contributed by atoms with Crippen LogP contribution in [0.5, 0.6) is 0 Å². The fourth-order valence-corrected chi connectivity index (χ4v) is 7.81. The molecule has 0 aliphatic carbocycles. The molecular formula is C53H46N4. The van der Waals surface area contributed by atoms with E-state index in [4.69, 9.17) is 15.0 Å². The Kier molecular flexibility index (Phi) is 8.93. The molecule has 0 aliphatic heterocycles. The normalized spacial score (nSPS) is 12.0. The molecule has 0 saturated heterocycles. The molecule has 0 unspecified atom stereocenters. The number of hydrogen-bond acceptors (Lipinski definition) is 3. The summed E-state index contributed by atoms with van der Waals surface area (Å²) in [5.74, 6) is 1.89. The lowest BCUT2D eigenvalue weighted by Gasteiger charge is -2.21. The van der Waals surface area contributed by atoms with Crippen molar-refractivity contribution in [1.29, 1.82) is 0 Å². The van der Waals surface area contributed by atoms with Gasteiger partial charge in [0.1, 0.15) is 0 Å². The van der Waals surface area contributed by atoms with Gasteiger partial charge in [-0.05, 0) is 75.0 Å². The Morgan fingerprint density at radius 2 is 0.737 bits per heavy atom. The predicted molar refractivity (Wildman–Crippen MR) is 239 cm³/mol. The lowest BCUT2D eigenvalue weighted by molar-refractivity contribution is 0.590. The fraction of sp³-hybridized carbons (Fsp3) is 0.151. The Balaban J connectivity index is 1.40. The van der Waals surface area contributed by atoms with E-state index in [0.29, 0.717) is 17.5 Å². The molecule has 4 nitrogen and oxygen atoms in total. The standard InChI is InChI=1S/C53H46N4/c1-52(2,3)39-27-29-46-43(31-39)44-32-40(53(4,5)6)28-30-47(44)57(46)48-34-41(35-19-11-7-12-20-35)45(33-42(48)36-21-13-8-14-22-36)51-55-49(37-23-15-9-16-24-37)54-50(56-51)38-25-17-10-18-26-38/h7-34H,1-6H3. The van der Waals surface area contributed by atoms with Gasteiger partial charge in [-0.15, -0.1) is 0 Å². The van der Waals surface area contributed by atoms with E-state index < -0.39 is 0 Å². The number of fused-ring (bicyclic) bond motifs is 3. The van der Waals surface area contributed by atoms with Crippen molar-refractivity contribution >= 4 is 21.8 Å². The van der Waals surface area contributed by atoms with Crippen molar-refractivity contribution in [2.75, 3.05) is 0 Å². The summed E-state index contributed by atoms with van der Waals surface area (Å²) in [6.07, 6.45) is 0. The van der Waals surface area contributed by atoms with Gasteiger partial charge in [0.15, 0.2) is 17.5 Å². The molecule has 57 heavy (non-hydrogen) atoms. The number of aromatic nitrogens is 4. The maximum Gasteiger partial charge on any atom is 0.164 e. The van der Waals surface area contributed by atoms with E-state index in [9.17, 15) is 0 Å². The summed E-state index contributed by atoms with van der Waals surface area (Å²) in [5.41, 5.74) is 13.2. The van der Waals surface area contributed by atoms with Crippen molar-refractivity contribution in [3.05, 3.63) is 181 Å². The molecule has 0 spiro atoms. The molecule has 0 radical (unpaired) electrons. The predicted octanol–water partition coefficient (Wildman–Crippen LogP) is 13.9. The molecule has 2 heterocycles. The van der Waals surface area contributed by atoms with Crippen LogP contribution >= 0.6 is 0 Å². The molecule has 0 amide bonds. The van der Waals surface area contributed by atoms with E-state index in [1.54, 1.807) is 0 Å². The summed E-state index contributed by atoms with van der Waals surface area (Å²) in [6.45, 7) is 13.7. The lowest BCUT2D eigenvalue weighted by Crippen LogP contribution is -2.10. The average Bonchev–Trinajstić information content (AvgIpc) is 3.57. The Bertz CT molecular complexity index is 2750. The van der Waals surface area contributed by atoms with Crippen LogP contribution in [0.1, 0.15) is 52.7 Å². The van der Waals surface area contributed by atoms with Crippen LogP contribution in [0.25, 0.3) is 83.9 Å². The van der Waals surface area contributed by atoms with Gasteiger partial charge in [0.2, 0.25) is 0 Å². The Morgan fingerprint density at radius 1 is 0.351 bits per heavy atom.